The molecule has 0 aliphatic heterocycles. The number of carbonyl (C=O) groups excluding carboxylic acids is 3. The van der Waals surface area contributed by atoms with Gasteiger partial charge in [-0.05, 0) is 32.6 Å². The van der Waals surface area contributed by atoms with Crippen molar-refractivity contribution in [2.75, 3.05) is 14.1 Å². The zero-order valence-electron chi connectivity index (χ0n) is 18.4. The Kier molecular flexibility index (Phi) is 6.06. The van der Waals surface area contributed by atoms with Crippen LogP contribution in [0.3, 0.4) is 0 Å². The minimum atomic E-state index is -2.84. The zero-order chi connectivity index (χ0) is 23.9. The molecule has 7 N–H and O–H groups in total. The Balaban J connectivity index is 0.00000204. The van der Waals surface area contributed by atoms with Crippen molar-refractivity contribution in [1.82, 2.24) is 4.90 Å². The summed E-state index contributed by atoms with van der Waals surface area (Å²) in [7, 11) is 2.97. The number of benzene rings is 1. The smallest absolute Gasteiger partial charge is 1.00 e. The van der Waals surface area contributed by atoms with Gasteiger partial charge in [-0.15, -0.1) is 0 Å². The number of carbonyl (C=O) groups is 3. The molecule has 0 aromatic heterocycles. The number of ketones is 3. The zero-order valence-corrected chi connectivity index (χ0v) is 18.9. The summed E-state index contributed by atoms with van der Waals surface area (Å²) in [6.45, 7) is 0. The molecule has 3 aliphatic rings. The van der Waals surface area contributed by atoms with Crippen molar-refractivity contribution < 1.29 is 53.7 Å². The molecule has 178 valence electrons. The number of nitrogens with two attached hydrogens (primary N) is 1. The SMILES string of the molecule is CN(C)[C@@H]1C(=O)/C(=C(\N)O)C(=O)[C@@]2(O)C(=O)C3=C(O)c4c(O)ccc(Cl)c4[C@@H](O)[C@H]3C[C@@H]12.[Cl-].[H+]. The van der Waals surface area contributed by atoms with Crippen LogP contribution in [0.5, 0.6) is 5.75 Å². The van der Waals surface area contributed by atoms with Gasteiger partial charge in [-0.2, -0.15) is 0 Å². The van der Waals surface area contributed by atoms with Crippen molar-refractivity contribution in [1.29, 1.82) is 0 Å². The normalized spacial score (nSPS) is 32.7. The summed E-state index contributed by atoms with van der Waals surface area (Å²) in [5.74, 6) is -8.29. The fourth-order valence-electron chi connectivity index (χ4n) is 5.23. The first-order valence-electron chi connectivity index (χ1n) is 9.69. The lowest BCUT2D eigenvalue weighted by molar-refractivity contribution is -0.167. The molecule has 0 unspecified atom stereocenters. The third-order valence-electron chi connectivity index (χ3n) is 6.63. The monoisotopic (exact) mass is 500 g/mol. The number of rotatable bonds is 1. The van der Waals surface area contributed by atoms with Gasteiger partial charge < -0.3 is 43.7 Å². The van der Waals surface area contributed by atoms with Gasteiger partial charge in [-0.1, -0.05) is 11.6 Å². The van der Waals surface area contributed by atoms with Crippen LogP contribution >= 0.6 is 11.6 Å². The first-order valence-corrected chi connectivity index (χ1v) is 10.1. The predicted molar refractivity (Wildman–Crippen MR) is 112 cm³/mol. The van der Waals surface area contributed by atoms with E-state index in [1.807, 2.05) is 0 Å². The summed E-state index contributed by atoms with van der Waals surface area (Å²) in [6, 6.07) is 1.24. The molecule has 0 radical (unpaired) electrons. The van der Waals surface area contributed by atoms with Gasteiger partial charge in [0.15, 0.2) is 17.3 Å². The lowest BCUT2D eigenvalue weighted by atomic mass is 9.55. The first kappa shape index (κ1) is 25.0. The number of aliphatic hydroxyl groups excluding tert-OH is 3. The number of hydrogen-bond acceptors (Lipinski definition) is 10. The van der Waals surface area contributed by atoms with Gasteiger partial charge in [-0.3, -0.25) is 19.3 Å². The van der Waals surface area contributed by atoms with Crippen molar-refractivity contribution in [3.05, 3.63) is 45.3 Å². The quantitative estimate of drug-likeness (QED) is 0.102. The summed E-state index contributed by atoms with van der Waals surface area (Å²) in [5, 5.41) is 53.4. The second-order valence-corrected chi connectivity index (χ2v) is 8.88. The van der Waals surface area contributed by atoms with Gasteiger partial charge in [0.1, 0.15) is 17.1 Å². The summed E-state index contributed by atoms with van der Waals surface area (Å²) >= 11 is 6.18. The van der Waals surface area contributed by atoms with E-state index in [2.05, 4.69) is 0 Å². The summed E-state index contributed by atoms with van der Waals surface area (Å²) in [4.78, 5) is 41.0. The van der Waals surface area contributed by atoms with Gasteiger partial charge in [0.25, 0.3) is 0 Å². The number of likely N-dealkylation sites (N-methyl/N-ethyl adjacent to an activating group) is 1. The average Bonchev–Trinajstić information content (AvgIpc) is 2.69. The van der Waals surface area contributed by atoms with Crippen molar-refractivity contribution in [3.63, 3.8) is 0 Å². The summed E-state index contributed by atoms with van der Waals surface area (Å²) < 4.78 is 0. The largest absolute Gasteiger partial charge is 1.00 e. The molecule has 0 spiro atoms. The minimum Gasteiger partial charge on any atom is -1.00 e. The Morgan fingerprint density at radius 2 is 1.82 bits per heavy atom. The molecule has 0 amide bonds. The molecule has 4 rings (SSSR count). The minimum absolute atomic E-state index is 0. The van der Waals surface area contributed by atoms with E-state index in [-0.39, 0.29) is 36.4 Å². The molecule has 0 bridgehead atoms. The van der Waals surface area contributed by atoms with Gasteiger partial charge in [-0.25, -0.2) is 0 Å². The van der Waals surface area contributed by atoms with Gasteiger partial charge >= 0.3 is 1.43 Å². The lowest BCUT2D eigenvalue weighted by Gasteiger charge is -2.50. The van der Waals surface area contributed by atoms with Crippen LogP contribution in [0.15, 0.2) is 29.2 Å². The highest BCUT2D eigenvalue weighted by Gasteiger charge is 2.67. The van der Waals surface area contributed by atoms with Crippen molar-refractivity contribution >= 4 is 34.7 Å². The van der Waals surface area contributed by atoms with E-state index in [0.29, 0.717) is 0 Å². The topological polar surface area (TPSA) is 182 Å². The van der Waals surface area contributed by atoms with E-state index < -0.39 is 75.5 Å². The van der Waals surface area contributed by atoms with Crippen LogP contribution in [-0.4, -0.2) is 73.5 Å². The highest BCUT2D eigenvalue weighted by molar-refractivity contribution is 6.36. The Bertz CT molecular complexity index is 1160. The number of halogens is 2. The molecule has 2 fully saturated rings. The number of hydrogen-bond donors (Lipinski definition) is 6. The number of fused-ring (bicyclic) bond motifs is 3. The van der Waals surface area contributed by atoms with E-state index in [4.69, 9.17) is 17.3 Å². The molecule has 3 aliphatic carbocycles. The second kappa shape index (κ2) is 8.00. The van der Waals surface area contributed by atoms with Crippen LogP contribution in [-0.2, 0) is 14.4 Å². The number of nitrogens with zero attached hydrogens (tertiary/aromatic N) is 1. The van der Waals surface area contributed by atoms with Crippen LogP contribution < -0.4 is 18.1 Å². The Morgan fingerprint density at radius 1 is 1.21 bits per heavy atom. The lowest BCUT2D eigenvalue weighted by Crippen LogP contribution is -3.00. The fraction of sp³-hybridized carbons (Fsp3) is 0.381. The molecule has 1 aromatic carbocycles. The van der Waals surface area contributed by atoms with Crippen LogP contribution in [0, 0.1) is 11.8 Å². The third kappa shape index (κ3) is 3.09. The summed E-state index contributed by atoms with van der Waals surface area (Å²) in [5.41, 5.74) is 0.811. The van der Waals surface area contributed by atoms with Crippen LogP contribution in [0.25, 0.3) is 5.76 Å². The van der Waals surface area contributed by atoms with E-state index in [9.17, 15) is 39.9 Å². The average molecular weight is 501 g/mol. The number of Topliss-reactive ketones (excluding diaryl/α,β-unsaturated/α-hetero) is 3. The molecule has 5 atom stereocenters. The Morgan fingerprint density at radius 3 is 2.36 bits per heavy atom. The maximum atomic E-state index is 13.5. The van der Waals surface area contributed by atoms with Crippen LogP contribution in [0.2, 0.25) is 5.02 Å². The number of aromatic hydroxyl groups is 1. The van der Waals surface area contributed by atoms with E-state index in [1.165, 1.54) is 25.1 Å². The Labute approximate surface area is 200 Å². The summed E-state index contributed by atoms with van der Waals surface area (Å²) in [6.07, 6.45) is -1.73. The van der Waals surface area contributed by atoms with Crippen molar-refractivity contribution in [2.45, 2.75) is 24.2 Å². The van der Waals surface area contributed by atoms with Gasteiger partial charge in [0.05, 0.1) is 17.7 Å². The van der Waals surface area contributed by atoms with E-state index >= 15 is 0 Å². The maximum absolute atomic E-state index is 13.5. The van der Waals surface area contributed by atoms with Gasteiger partial charge in [0, 0.05) is 28.0 Å². The first-order chi connectivity index (χ1) is 14.8. The Hall–Kier alpha value is -2.63. The van der Waals surface area contributed by atoms with E-state index in [1.54, 1.807) is 0 Å². The molecular formula is C21H22Cl2N2O8. The fourth-order valence-corrected chi connectivity index (χ4v) is 5.50. The molecular weight excluding hydrogens is 479 g/mol. The maximum Gasteiger partial charge on any atom is 1.00 e. The molecule has 0 saturated heterocycles. The molecule has 2 saturated carbocycles. The molecule has 0 heterocycles. The second-order valence-electron chi connectivity index (χ2n) is 8.47. The molecule has 33 heavy (non-hydrogen) atoms. The van der Waals surface area contributed by atoms with Crippen LogP contribution in [0.4, 0.5) is 0 Å². The molecule has 10 nitrogen and oxygen atoms in total. The highest BCUT2D eigenvalue weighted by atomic mass is 35.5. The third-order valence-corrected chi connectivity index (χ3v) is 6.96. The van der Waals surface area contributed by atoms with Crippen molar-refractivity contribution in [2.24, 2.45) is 17.6 Å². The van der Waals surface area contributed by atoms with Gasteiger partial charge in [0.2, 0.25) is 11.6 Å². The predicted octanol–water partition coefficient (Wildman–Crippen LogP) is -2.78. The standard InChI is InChI=1S/C21H21ClN2O8.ClH/c1-24(2)14-7-5-6-10(16(27)12-9(25)4-3-8(22)11(12)15(6)26)18(29)21(7,32)19(30)13(17(14)28)20(23)31;/h3-4,6-7,14-15,25-27,31-32H,5,23H2,1-2H3;1H/b20-13-;/t6-,7-,14-,15-,21-;/m0./s1. The highest BCUT2D eigenvalue weighted by Crippen LogP contribution is 2.55. The van der Waals surface area contributed by atoms with Crippen LogP contribution in [0.1, 0.15) is 25.1 Å². The number of aliphatic hydroxyl groups is 4. The number of phenolic OH excluding ortho intramolecular Hbond substituents is 1. The molecule has 12 heteroatoms. The molecule has 1 aromatic rings. The number of phenols is 1. The van der Waals surface area contributed by atoms with Crippen molar-refractivity contribution in [3.8, 4) is 5.75 Å². The van der Waals surface area contributed by atoms with E-state index in [0.717, 1.165) is 6.07 Å².